The standard InChI is InChI=1S/C28H29Cl2FN4O2/c1-17(2)27-32-16-21(28(37)33-15-18-7-8-22(29)23(30)13-18)26(34-27)19-9-11-35(12-10-19)25(36)14-20-5-3-4-6-24(20)31/h3-8,13,16-17,19H,9-12,14-15H2,1-2H3,(H,33,37). The van der Waals surface area contributed by atoms with E-state index in [-0.39, 0.29) is 42.4 Å². The van der Waals surface area contributed by atoms with Crippen LogP contribution in [-0.4, -0.2) is 39.8 Å². The molecule has 1 N–H and O–H groups in total. The Kier molecular flexibility index (Phi) is 8.77. The molecule has 2 aromatic carbocycles. The van der Waals surface area contributed by atoms with Gasteiger partial charge in [0.05, 0.1) is 27.7 Å². The second-order valence-electron chi connectivity index (χ2n) is 9.54. The number of carbonyl (C=O) groups is 2. The van der Waals surface area contributed by atoms with Crippen LogP contribution in [0.3, 0.4) is 0 Å². The van der Waals surface area contributed by atoms with Crippen LogP contribution in [0.2, 0.25) is 10.0 Å². The fraction of sp³-hybridized carbons (Fsp3) is 0.357. The Balaban J connectivity index is 1.46. The molecule has 2 amide bonds. The van der Waals surface area contributed by atoms with Crippen LogP contribution >= 0.6 is 23.2 Å². The van der Waals surface area contributed by atoms with E-state index in [1.807, 2.05) is 19.9 Å². The van der Waals surface area contributed by atoms with Gasteiger partial charge in [0.25, 0.3) is 5.91 Å². The number of amides is 2. The first-order valence-electron chi connectivity index (χ1n) is 12.3. The second kappa shape index (κ2) is 12.0. The highest BCUT2D eigenvalue weighted by Gasteiger charge is 2.29. The van der Waals surface area contributed by atoms with Crippen molar-refractivity contribution in [2.75, 3.05) is 13.1 Å². The van der Waals surface area contributed by atoms with Gasteiger partial charge in [-0.15, -0.1) is 0 Å². The molecule has 0 atom stereocenters. The Hall–Kier alpha value is -3.03. The minimum Gasteiger partial charge on any atom is -0.348 e. The Morgan fingerprint density at radius 3 is 2.51 bits per heavy atom. The van der Waals surface area contributed by atoms with Crippen LogP contribution in [-0.2, 0) is 17.8 Å². The second-order valence-corrected chi connectivity index (χ2v) is 10.4. The van der Waals surface area contributed by atoms with E-state index in [1.165, 1.54) is 6.07 Å². The van der Waals surface area contributed by atoms with Crippen molar-refractivity contribution < 1.29 is 14.0 Å². The largest absolute Gasteiger partial charge is 0.348 e. The van der Waals surface area contributed by atoms with E-state index in [0.29, 0.717) is 58.6 Å². The highest BCUT2D eigenvalue weighted by Crippen LogP contribution is 2.30. The van der Waals surface area contributed by atoms with Gasteiger partial charge in [0, 0.05) is 37.7 Å². The van der Waals surface area contributed by atoms with E-state index < -0.39 is 0 Å². The topological polar surface area (TPSA) is 75.2 Å². The maximum absolute atomic E-state index is 14.0. The Morgan fingerprint density at radius 2 is 1.84 bits per heavy atom. The summed E-state index contributed by atoms with van der Waals surface area (Å²) in [4.78, 5) is 36.9. The van der Waals surface area contributed by atoms with Crippen molar-refractivity contribution in [3.8, 4) is 0 Å². The first-order chi connectivity index (χ1) is 17.7. The van der Waals surface area contributed by atoms with Crippen molar-refractivity contribution in [1.29, 1.82) is 0 Å². The van der Waals surface area contributed by atoms with Gasteiger partial charge in [-0.1, -0.05) is 61.3 Å². The van der Waals surface area contributed by atoms with E-state index >= 15 is 0 Å². The van der Waals surface area contributed by atoms with Gasteiger partial charge in [0.15, 0.2) is 0 Å². The molecular weight excluding hydrogens is 514 g/mol. The summed E-state index contributed by atoms with van der Waals surface area (Å²) in [5, 5.41) is 3.81. The number of nitrogens with one attached hydrogen (secondary N) is 1. The first-order valence-corrected chi connectivity index (χ1v) is 13.1. The smallest absolute Gasteiger partial charge is 0.254 e. The summed E-state index contributed by atoms with van der Waals surface area (Å²) >= 11 is 12.1. The summed E-state index contributed by atoms with van der Waals surface area (Å²) in [6, 6.07) is 11.6. The van der Waals surface area contributed by atoms with Gasteiger partial charge in [0.2, 0.25) is 5.91 Å². The number of hydrogen-bond acceptors (Lipinski definition) is 4. The molecule has 0 bridgehead atoms. The summed E-state index contributed by atoms with van der Waals surface area (Å²) in [5.41, 5.74) is 2.35. The Bertz CT molecular complexity index is 1290. The van der Waals surface area contributed by atoms with Crippen molar-refractivity contribution in [2.24, 2.45) is 0 Å². The highest BCUT2D eigenvalue weighted by molar-refractivity contribution is 6.42. The molecule has 1 aromatic heterocycles. The number of aromatic nitrogens is 2. The summed E-state index contributed by atoms with van der Waals surface area (Å²) in [7, 11) is 0. The number of nitrogens with zero attached hydrogens (tertiary/aromatic N) is 3. The molecule has 1 aliphatic heterocycles. The van der Waals surface area contributed by atoms with Crippen molar-refractivity contribution in [1.82, 2.24) is 20.2 Å². The molecule has 37 heavy (non-hydrogen) atoms. The predicted octanol–water partition coefficient (Wildman–Crippen LogP) is 5.92. The van der Waals surface area contributed by atoms with Gasteiger partial charge in [-0.05, 0) is 42.2 Å². The van der Waals surface area contributed by atoms with Gasteiger partial charge >= 0.3 is 0 Å². The fourth-order valence-corrected chi connectivity index (χ4v) is 4.74. The van der Waals surface area contributed by atoms with Crippen LogP contribution in [0.15, 0.2) is 48.7 Å². The van der Waals surface area contributed by atoms with Gasteiger partial charge in [0.1, 0.15) is 11.6 Å². The predicted molar refractivity (Wildman–Crippen MR) is 142 cm³/mol. The molecule has 1 saturated heterocycles. The molecule has 4 rings (SSSR count). The lowest BCUT2D eigenvalue weighted by Crippen LogP contribution is -2.39. The minimum absolute atomic E-state index is 0.00346. The molecule has 3 aromatic rings. The third kappa shape index (κ3) is 6.65. The molecular formula is C28H29Cl2FN4O2. The fourth-order valence-electron chi connectivity index (χ4n) is 4.42. The van der Waals surface area contributed by atoms with Crippen LogP contribution in [0.25, 0.3) is 0 Å². The average molecular weight is 543 g/mol. The van der Waals surface area contributed by atoms with E-state index in [9.17, 15) is 14.0 Å². The molecule has 0 saturated carbocycles. The lowest BCUT2D eigenvalue weighted by molar-refractivity contribution is -0.131. The van der Waals surface area contributed by atoms with Gasteiger partial charge < -0.3 is 10.2 Å². The molecule has 0 spiro atoms. The van der Waals surface area contributed by atoms with Gasteiger partial charge in [-0.3, -0.25) is 9.59 Å². The SMILES string of the molecule is CC(C)c1ncc(C(=O)NCc2ccc(Cl)c(Cl)c2)c(C2CCN(C(=O)Cc3ccccc3F)CC2)n1. The molecule has 1 fully saturated rings. The van der Waals surface area contributed by atoms with E-state index in [4.69, 9.17) is 28.2 Å². The average Bonchev–Trinajstić information content (AvgIpc) is 2.90. The van der Waals surface area contributed by atoms with Crippen molar-refractivity contribution in [3.63, 3.8) is 0 Å². The van der Waals surface area contributed by atoms with Crippen molar-refractivity contribution in [3.05, 3.63) is 92.7 Å². The molecule has 9 heteroatoms. The molecule has 194 valence electrons. The van der Waals surface area contributed by atoms with Crippen LogP contribution in [0.5, 0.6) is 0 Å². The molecule has 0 aliphatic carbocycles. The quantitative estimate of drug-likeness (QED) is 0.401. The lowest BCUT2D eigenvalue weighted by atomic mass is 9.90. The van der Waals surface area contributed by atoms with Gasteiger partial charge in [-0.25, -0.2) is 14.4 Å². The summed E-state index contributed by atoms with van der Waals surface area (Å²) < 4.78 is 14.0. The molecule has 0 radical (unpaired) electrons. The van der Waals surface area contributed by atoms with Crippen molar-refractivity contribution in [2.45, 2.75) is 51.5 Å². The summed E-state index contributed by atoms with van der Waals surface area (Å²) in [6.07, 6.45) is 2.94. The third-order valence-corrected chi connectivity index (χ3v) is 7.31. The summed E-state index contributed by atoms with van der Waals surface area (Å²) in [6.45, 7) is 5.33. The van der Waals surface area contributed by atoms with Crippen molar-refractivity contribution >= 4 is 35.0 Å². The number of hydrogen-bond donors (Lipinski definition) is 1. The lowest BCUT2D eigenvalue weighted by Gasteiger charge is -2.32. The Morgan fingerprint density at radius 1 is 1.11 bits per heavy atom. The summed E-state index contributed by atoms with van der Waals surface area (Å²) in [5.74, 6) is 0.0416. The van der Waals surface area contributed by atoms with E-state index in [2.05, 4.69) is 10.3 Å². The van der Waals surface area contributed by atoms with Gasteiger partial charge in [-0.2, -0.15) is 0 Å². The number of halogens is 3. The van der Waals surface area contributed by atoms with E-state index in [1.54, 1.807) is 41.4 Å². The Labute approximate surface area is 226 Å². The zero-order valence-corrected chi connectivity index (χ0v) is 22.3. The number of rotatable bonds is 7. The highest BCUT2D eigenvalue weighted by atomic mass is 35.5. The molecule has 2 heterocycles. The number of piperidine rings is 1. The zero-order valence-electron chi connectivity index (χ0n) is 20.8. The third-order valence-electron chi connectivity index (χ3n) is 6.57. The van der Waals surface area contributed by atoms with Crippen LogP contribution in [0.4, 0.5) is 4.39 Å². The maximum Gasteiger partial charge on any atom is 0.254 e. The molecule has 1 aliphatic rings. The van der Waals surface area contributed by atoms with Crippen LogP contribution < -0.4 is 5.32 Å². The van der Waals surface area contributed by atoms with Crippen LogP contribution in [0, 0.1) is 5.82 Å². The zero-order chi connectivity index (χ0) is 26.5. The minimum atomic E-state index is -0.371. The first kappa shape index (κ1) is 27.0. The van der Waals surface area contributed by atoms with Crippen LogP contribution in [0.1, 0.15) is 71.5 Å². The molecule has 0 unspecified atom stereocenters. The number of likely N-dealkylation sites (tertiary alicyclic amines) is 1. The van der Waals surface area contributed by atoms with E-state index in [0.717, 1.165) is 5.56 Å². The number of carbonyl (C=O) groups excluding carboxylic acids is 2. The molecule has 6 nitrogen and oxygen atoms in total. The normalized spacial score (nSPS) is 14.2. The monoisotopic (exact) mass is 542 g/mol. The maximum atomic E-state index is 14.0. The number of benzene rings is 2.